The number of piperazine rings is 1. The standard InChI is InChI=1S/C13H17ClFN3O.ClH/c1-9-7-16-4-5-18(9)8-13(19)17-10-2-3-12(15)11(14)6-10;/h2-3,6,9,16H,4-5,7-8H2,1H3,(H,17,19);1H. The molecule has 0 aromatic heterocycles. The molecule has 0 bridgehead atoms. The van der Waals surface area contributed by atoms with Gasteiger partial charge in [-0.2, -0.15) is 0 Å². The van der Waals surface area contributed by atoms with E-state index in [1.165, 1.54) is 18.2 Å². The third-order valence-electron chi connectivity index (χ3n) is 3.19. The molecule has 2 rings (SSSR count). The Bertz CT molecular complexity index is 473. The van der Waals surface area contributed by atoms with Crippen molar-refractivity contribution >= 4 is 35.6 Å². The van der Waals surface area contributed by atoms with E-state index in [1.807, 2.05) is 0 Å². The second-order valence-electron chi connectivity index (χ2n) is 4.70. The van der Waals surface area contributed by atoms with E-state index < -0.39 is 5.82 Å². The lowest BCUT2D eigenvalue weighted by molar-refractivity contribution is -0.118. The number of halogens is 3. The predicted molar refractivity (Wildman–Crippen MR) is 81.2 cm³/mol. The van der Waals surface area contributed by atoms with Crippen LogP contribution in [0.4, 0.5) is 10.1 Å². The van der Waals surface area contributed by atoms with Crippen molar-refractivity contribution in [3.63, 3.8) is 0 Å². The van der Waals surface area contributed by atoms with Gasteiger partial charge < -0.3 is 10.6 Å². The molecule has 1 unspecified atom stereocenters. The second-order valence-corrected chi connectivity index (χ2v) is 5.11. The molecule has 0 radical (unpaired) electrons. The fourth-order valence-electron chi connectivity index (χ4n) is 2.08. The lowest BCUT2D eigenvalue weighted by Gasteiger charge is -2.33. The average Bonchev–Trinajstić information content (AvgIpc) is 2.37. The number of rotatable bonds is 3. The Morgan fingerprint density at radius 1 is 1.60 bits per heavy atom. The maximum atomic E-state index is 13.0. The zero-order valence-electron chi connectivity index (χ0n) is 11.2. The number of anilines is 1. The van der Waals surface area contributed by atoms with Gasteiger partial charge in [0.2, 0.25) is 5.91 Å². The summed E-state index contributed by atoms with van der Waals surface area (Å²) >= 11 is 5.67. The highest BCUT2D eigenvalue weighted by molar-refractivity contribution is 6.31. The van der Waals surface area contributed by atoms with Crippen LogP contribution >= 0.6 is 24.0 Å². The molecule has 1 aliphatic heterocycles. The molecule has 0 aliphatic carbocycles. The zero-order chi connectivity index (χ0) is 13.8. The molecule has 20 heavy (non-hydrogen) atoms. The van der Waals surface area contributed by atoms with Gasteiger partial charge >= 0.3 is 0 Å². The van der Waals surface area contributed by atoms with Crippen molar-refractivity contribution in [1.29, 1.82) is 0 Å². The third kappa shape index (κ3) is 4.59. The number of amides is 1. The monoisotopic (exact) mass is 321 g/mol. The third-order valence-corrected chi connectivity index (χ3v) is 3.48. The first-order chi connectivity index (χ1) is 9.06. The fourth-order valence-corrected chi connectivity index (χ4v) is 2.26. The minimum atomic E-state index is -0.490. The summed E-state index contributed by atoms with van der Waals surface area (Å²) < 4.78 is 13.0. The summed E-state index contributed by atoms with van der Waals surface area (Å²) in [6.45, 7) is 5.03. The summed E-state index contributed by atoms with van der Waals surface area (Å²) in [5.74, 6) is -0.605. The maximum absolute atomic E-state index is 13.0. The largest absolute Gasteiger partial charge is 0.325 e. The van der Waals surface area contributed by atoms with Crippen LogP contribution in [0.15, 0.2) is 18.2 Å². The first kappa shape index (κ1) is 17.2. The summed E-state index contributed by atoms with van der Waals surface area (Å²) in [7, 11) is 0. The normalized spacial score (nSPS) is 19.2. The Morgan fingerprint density at radius 3 is 3.00 bits per heavy atom. The van der Waals surface area contributed by atoms with E-state index in [2.05, 4.69) is 22.5 Å². The number of nitrogens with zero attached hydrogens (tertiary/aromatic N) is 1. The van der Waals surface area contributed by atoms with Crippen LogP contribution in [0.2, 0.25) is 5.02 Å². The van der Waals surface area contributed by atoms with E-state index >= 15 is 0 Å². The van der Waals surface area contributed by atoms with Gasteiger partial charge in [0.1, 0.15) is 5.82 Å². The number of benzene rings is 1. The lowest BCUT2D eigenvalue weighted by atomic mass is 10.2. The number of carbonyl (C=O) groups is 1. The van der Waals surface area contributed by atoms with Crippen LogP contribution in [-0.2, 0) is 4.79 Å². The van der Waals surface area contributed by atoms with E-state index in [1.54, 1.807) is 0 Å². The first-order valence-corrected chi connectivity index (χ1v) is 6.64. The summed E-state index contributed by atoms with van der Waals surface area (Å²) in [4.78, 5) is 14.0. The van der Waals surface area contributed by atoms with E-state index in [-0.39, 0.29) is 23.3 Å². The zero-order valence-corrected chi connectivity index (χ0v) is 12.7. The Balaban J connectivity index is 0.00000200. The lowest BCUT2D eigenvalue weighted by Crippen LogP contribution is -2.51. The summed E-state index contributed by atoms with van der Waals surface area (Å²) in [6.07, 6.45) is 0. The summed E-state index contributed by atoms with van der Waals surface area (Å²) in [5.41, 5.74) is 0.513. The van der Waals surface area contributed by atoms with Crippen LogP contribution in [0.25, 0.3) is 0 Å². The van der Waals surface area contributed by atoms with Crippen molar-refractivity contribution in [3.05, 3.63) is 29.0 Å². The number of carbonyl (C=O) groups excluding carboxylic acids is 1. The molecule has 0 spiro atoms. The van der Waals surface area contributed by atoms with Gasteiger partial charge in [-0.05, 0) is 25.1 Å². The molecule has 7 heteroatoms. The van der Waals surface area contributed by atoms with E-state index in [9.17, 15) is 9.18 Å². The topological polar surface area (TPSA) is 44.4 Å². The highest BCUT2D eigenvalue weighted by atomic mass is 35.5. The van der Waals surface area contributed by atoms with Gasteiger partial charge in [-0.15, -0.1) is 12.4 Å². The van der Waals surface area contributed by atoms with E-state index in [0.717, 1.165) is 19.6 Å². The van der Waals surface area contributed by atoms with Gasteiger partial charge in [0.25, 0.3) is 0 Å². The van der Waals surface area contributed by atoms with Crippen molar-refractivity contribution in [3.8, 4) is 0 Å². The smallest absolute Gasteiger partial charge is 0.238 e. The molecule has 1 atom stereocenters. The molecule has 1 aromatic carbocycles. The Morgan fingerprint density at radius 2 is 2.35 bits per heavy atom. The van der Waals surface area contributed by atoms with Gasteiger partial charge in [-0.25, -0.2) is 4.39 Å². The van der Waals surface area contributed by atoms with Crippen molar-refractivity contribution in [2.24, 2.45) is 0 Å². The SMILES string of the molecule is CC1CNCCN1CC(=O)Nc1ccc(F)c(Cl)c1.Cl. The van der Waals surface area contributed by atoms with E-state index in [0.29, 0.717) is 18.3 Å². The van der Waals surface area contributed by atoms with Crippen LogP contribution in [-0.4, -0.2) is 43.0 Å². The molecule has 112 valence electrons. The molecular weight excluding hydrogens is 304 g/mol. The fraction of sp³-hybridized carbons (Fsp3) is 0.462. The molecule has 1 fully saturated rings. The number of nitrogens with one attached hydrogen (secondary N) is 2. The van der Waals surface area contributed by atoms with E-state index in [4.69, 9.17) is 11.6 Å². The number of hydrogen-bond acceptors (Lipinski definition) is 3. The summed E-state index contributed by atoms with van der Waals surface area (Å²) in [6, 6.07) is 4.48. The molecule has 1 aromatic rings. The van der Waals surface area contributed by atoms with Crippen LogP contribution < -0.4 is 10.6 Å². The predicted octanol–water partition coefficient (Wildman–Crippen LogP) is 2.13. The van der Waals surface area contributed by atoms with Crippen molar-refractivity contribution in [2.75, 3.05) is 31.5 Å². The van der Waals surface area contributed by atoms with Gasteiger partial charge in [-0.1, -0.05) is 11.6 Å². The maximum Gasteiger partial charge on any atom is 0.238 e. The van der Waals surface area contributed by atoms with Crippen molar-refractivity contribution < 1.29 is 9.18 Å². The molecule has 0 saturated carbocycles. The van der Waals surface area contributed by atoms with Crippen LogP contribution in [0, 0.1) is 5.82 Å². The first-order valence-electron chi connectivity index (χ1n) is 6.26. The Labute approximate surface area is 129 Å². The van der Waals surface area contributed by atoms with Gasteiger partial charge in [0.05, 0.1) is 11.6 Å². The van der Waals surface area contributed by atoms with Crippen LogP contribution in [0.1, 0.15) is 6.92 Å². The Hall–Kier alpha value is -0.880. The molecular formula is C13H18Cl2FN3O. The molecule has 1 heterocycles. The summed E-state index contributed by atoms with van der Waals surface area (Å²) in [5, 5.41) is 6.00. The average molecular weight is 322 g/mol. The van der Waals surface area contributed by atoms with Gasteiger partial charge in [0, 0.05) is 31.4 Å². The molecule has 1 saturated heterocycles. The van der Waals surface area contributed by atoms with Crippen LogP contribution in [0.5, 0.6) is 0 Å². The second kappa shape index (κ2) is 7.78. The minimum absolute atomic E-state index is 0. The molecule has 1 amide bonds. The minimum Gasteiger partial charge on any atom is -0.325 e. The quantitative estimate of drug-likeness (QED) is 0.896. The van der Waals surface area contributed by atoms with Crippen molar-refractivity contribution in [1.82, 2.24) is 10.2 Å². The molecule has 4 nitrogen and oxygen atoms in total. The highest BCUT2D eigenvalue weighted by Gasteiger charge is 2.20. The highest BCUT2D eigenvalue weighted by Crippen LogP contribution is 2.19. The number of hydrogen-bond donors (Lipinski definition) is 2. The Kier molecular flexibility index (Phi) is 6.68. The van der Waals surface area contributed by atoms with Gasteiger partial charge in [0.15, 0.2) is 0 Å². The van der Waals surface area contributed by atoms with Crippen LogP contribution in [0.3, 0.4) is 0 Å². The van der Waals surface area contributed by atoms with Gasteiger partial charge in [-0.3, -0.25) is 9.69 Å². The molecule has 1 aliphatic rings. The molecule has 2 N–H and O–H groups in total. The van der Waals surface area contributed by atoms with Crippen molar-refractivity contribution in [2.45, 2.75) is 13.0 Å².